The minimum Gasteiger partial charge on any atom is -0.306 e. The summed E-state index contributed by atoms with van der Waals surface area (Å²) in [6.07, 6.45) is 3.00. The van der Waals surface area contributed by atoms with E-state index in [2.05, 4.69) is 20.9 Å². The molecule has 0 spiro atoms. The van der Waals surface area contributed by atoms with E-state index in [1.165, 1.54) is 23.5 Å². The van der Waals surface area contributed by atoms with Crippen molar-refractivity contribution in [3.63, 3.8) is 0 Å². The monoisotopic (exact) mass is 513 g/mol. The minimum absolute atomic E-state index is 0.0466. The van der Waals surface area contributed by atoms with Crippen LogP contribution in [0.3, 0.4) is 0 Å². The van der Waals surface area contributed by atoms with Crippen molar-refractivity contribution >= 4 is 51.7 Å². The van der Waals surface area contributed by atoms with Crippen molar-refractivity contribution in [2.24, 2.45) is 4.99 Å². The van der Waals surface area contributed by atoms with E-state index in [1.54, 1.807) is 23.1 Å². The third kappa shape index (κ3) is 7.54. The fraction of sp³-hybridized carbons (Fsp3) is 0.350. The second-order valence-electron chi connectivity index (χ2n) is 6.28. The summed E-state index contributed by atoms with van der Waals surface area (Å²) >= 11 is 4.73. The Morgan fingerprint density at radius 3 is 2.60 bits per heavy atom. The summed E-state index contributed by atoms with van der Waals surface area (Å²) in [6, 6.07) is 13.9. The van der Waals surface area contributed by atoms with Crippen LogP contribution >= 0.6 is 34.0 Å². The molecule has 0 amide bonds. The summed E-state index contributed by atoms with van der Waals surface area (Å²) in [5, 5.41) is 10.8. The number of nitrogens with zero attached hydrogens (tertiary/aromatic N) is 3. The molecule has 0 heterocycles. The van der Waals surface area contributed by atoms with E-state index in [-0.39, 0.29) is 5.69 Å². The van der Waals surface area contributed by atoms with Crippen molar-refractivity contribution in [3.8, 4) is 0 Å². The molecule has 0 saturated carbocycles. The lowest BCUT2D eigenvalue weighted by atomic mass is 10.1. The highest BCUT2D eigenvalue weighted by Crippen LogP contribution is 2.62. The predicted octanol–water partition coefficient (Wildman–Crippen LogP) is 6.85. The van der Waals surface area contributed by atoms with Crippen molar-refractivity contribution < 1.29 is 14.0 Å². The molecule has 30 heavy (non-hydrogen) atoms. The van der Waals surface area contributed by atoms with Gasteiger partial charge in [-0.05, 0) is 54.9 Å². The summed E-state index contributed by atoms with van der Waals surface area (Å²) in [5.74, 6) is 0.704. The van der Waals surface area contributed by atoms with Crippen molar-refractivity contribution in [1.82, 2.24) is 4.67 Å². The Morgan fingerprint density at radius 2 is 2.00 bits per heavy atom. The molecule has 0 fully saturated rings. The van der Waals surface area contributed by atoms with Crippen LogP contribution in [0.15, 0.2) is 58.0 Å². The van der Waals surface area contributed by atoms with Gasteiger partial charge in [-0.2, -0.15) is 0 Å². The average Bonchev–Trinajstić information content (AvgIpc) is 2.72. The van der Waals surface area contributed by atoms with Gasteiger partial charge >= 0.3 is 6.72 Å². The summed E-state index contributed by atoms with van der Waals surface area (Å²) in [7, 11) is 0. The Bertz CT molecular complexity index is 911. The highest BCUT2D eigenvalue weighted by atomic mass is 79.9. The summed E-state index contributed by atoms with van der Waals surface area (Å²) in [4.78, 5) is 14.9. The molecule has 2 aromatic carbocycles. The Balaban J connectivity index is 2.24. The van der Waals surface area contributed by atoms with Crippen LogP contribution in [0.5, 0.6) is 0 Å². The summed E-state index contributed by atoms with van der Waals surface area (Å²) in [6.45, 7) is 1.40. The molecule has 0 N–H and O–H groups in total. The van der Waals surface area contributed by atoms with E-state index in [4.69, 9.17) is 4.52 Å². The molecule has 0 bridgehead atoms. The fourth-order valence-electron chi connectivity index (χ4n) is 2.52. The number of nitro benzene ring substituents is 1. The smallest absolute Gasteiger partial charge is 0.306 e. The molecular formula is C20H25BrN3O4PS. The molecule has 7 nitrogen and oxygen atoms in total. The molecule has 0 radical (unpaired) electrons. The van der Waals surface area contributed by atoms with Gasteiger partial charge in [0.05, 0.1) is 23.6 Å². The van der Waals surface area contributed by atoms with Gasteiger partial charge in [0.2, 0.25) is 0 Å². The SMILES string of the molecule is CCCSP(=O)(OCC)N(C=Nc1cccc(Br)c1)CCc1ccc([N+](=O)[O-])cc1. The van der Waals surface area contributed by atoms with Crippen LogP contribution in [0.4, 0.5) is 11.4 Å². The van der Waals surface area contributed by atoms with Gasteiger partial charge in [0.1, 0.15) is 0 Å². The van der Waals surface area contributed by atoms with E-state index in [0.29, 0.717) is 25.3 Å². The van der Waals surface area contributed by atoms with E-state index in [9.17, 15) is 14.7 Å². The second-order valence-corrected chi connectivity index (χ2v) is 11.7. The number of benzene rings is 2. The van der Waals surface area contributed by atoms with Crippen LogP contribution in [-0.4, -0.2) is 34.8 Å². The number of hydrogen-bond acceptors (Lipinski definition) is 6. The number of hydrogen-bond donors (Lipinski definition) is 0. The molecule has 0 aliphatic heterocycles. The van der Waals surface area contributed by atoms with Crippen molar-refractivity contribution in [2.45, 2.75) is 26.7 Å². The molecule has 0 aliphatic carbocycles. The van der Waals surface area contributed by atoms with Gasteiger partial charge in [0.25, 0.3) is 5.69 Å². The quantitative estimate of drug-likeness (QED) is 0.101. The lowest BCUT2D eigenvalue weighted by molar-refractivity contribution is -0.384. The standard InChI is InChI=1S/C20H25BrN3O4PS/c1-3-14-30-29(27,28-4-2)23(16-22-19-7-5-6-18(21)15-19)13-12-17-8-10-20(11-9-17)24(25)26/h5-11,15-16H,3-4,12-14H2,1-2H3. The van der Waals surface area contributed by atoms with Crippen molar-refractivity contribution in [2.75, 3.05) is 18.9 Å². The maximum absolute atomic E-state index is 13.6. The first kappa shape index (κ1) is 24.6. The Hall–Kier alpha value is -1.67. The lowest BCUT2D eigenvalue weighted by Crippen LogP contribution is -2.22. The van der Waals surface area contributed by atoms with Crippen molar-refractivity contribution in [3.05, 3.63) is 68.7 Å². The molecule has 10 heteroatoms. The largest absolute Gasteiger partial charge is 0.354 e. The van der Waals surface area contributed by atoms with Crippen LogP contribution in [-0.2, 0) is 15.5 Å². The Morgan fingerprint density at radius 1 is 1.27 bits per heavy atom. The van der Waals surface area contributed by atoms with Gasteiger partial charge in [0, 0.05) is 28.9 Å². The van der Waals surface area contributed by atoms with Crippen LogP contribution in [0.1, 0.15) is 25.8 Å². The molecule has 2 aromatic rings. The molecule has 0 saturated heterocycles. The molecular weight excluding hydrogens is 489 g/mol. The number of halogens is 1. The first-order valence-electron chi connectivity index (χ1n) is 9.57. The maximum atomic E-state index is 13.6. The van der Waals surface area contributed by atoms with Gasteiger partial charge in [-0.3, -0.25) is 19.3 Å². The molecule has 1 atom stereocenters. The van der Waals surface area contributed by atoms with E-state index < -0.39 is 11.6 Å². The average molecular weight is 514 g/mol. The van der Waals surface area contributed by atoms with Gasteiger partial charge < -0.3 is 4.52 Å². The third-order valence-electron chi connectivity index (χ3n) is 3.99. The molecule has 2 rings (SSSR count). The Labute approximate surface area is 189 Å². The zero-order chi connectivity index (χ0) is 22.0. The topological polar surface area (TPSA) is 85.0 Å². The maximum Gasteiger partial charge on any atom is 0.354 e. The van der Waals surface area contributed by atoms with E-state index >= 15 is 0 Å². The fourth-order valence-corrected chi connectivity index (χ4v) is 7.13. The second kappa shape index (κ2) is 12.2. The van der Waals surface area contributed by atoms with Crippen LogP contribution in [0.25, 0.3) is 0 Å². The number of rotatable bonds is 12. The number of non-ortho nitro benzene ring substituents is 1. The highest BCUT2D eigenvalue weighted by Gasteiger charge is 2.30. The minimum atomic E-state index is -3.18. The van der Waals surface area contributed by atoms with Crippen molar-refractivity contribution in [1.29, 1.82) is 0 Å². The summed E-state index contributed by atoms with van der Waals surface area (Å²) < 4.78 is 21.9. The highest BCUT2D eigenvalue weighted by molar-refractivity contribution is 9.10. The Kier molecular flexibility index (Phi) is 10.0. The molecule has 162 valence electrons. The first-order valence-corrected chi connectivity index (χ1v) is 13.5. The van der Waals surface area contributed by atoms with Crippen LogP contribution < -0.4 is 0 Å². The number of aliphatic imine (C=N–C) groups is 1. The lowest BCUT2D eigenvalue weighted by Gasteiger charge is -2.28. The third-order valence-corrected chi connectivity index (χ3v) is 9.39. The zero-order valence-electron chi connectivity index (χ0n) is 16.9. The van der Waals surface area contributed by atoms with Crippen LogP contribution in [0.2, 0.25) is 0 Å². The van der Waals surface area contributed by atoms with Gasteiger partial charge in [-0.25, -0.2) is 4.99 Å². The normalized spacial score (nSPS) is 13.3. The van der Waals surface area contributed by atoms with Crippen LogP contribution in [0, 0.1) is 10.1 Å². The summed E-state index contributed by atoms with van der Waals surface area (Å²) in [5.41, 5.74) is 1.68. The predicted molar refractivity (Wildman–Crippen MR) is 128 cm³/mol. The van der Waals surface area contributed by atoms with Gasteiger partial charge in [-0.1, -0.05) is 41.1 Å². The van der Waals surface area contributed by atoms with E-state index in [1.807, 2.05) is 38.1 Å². The van der Waals surface area contributed by atoms with Gasteiger partial charge in [0.15, 0.2) is 0 Å². The first-order chi connectivity index (χ1) is 14.4. The zero-order valence-corrected chi connectivity index (χ0v) is 20.2. The van der Waals surface area contributed by atoms with Gasteiger partial charge in [-0.15, -0.1) is 0 Å². The number of nitro groups is 1. The molecule has 0 aromatic heterocycles. The molecule has 0 aliphatic rings. The van der Waals surface area contributed by atoms with E-state index in [0.717, 1.165) is 22.1 Å². The molecule has 1 unspecified atom stereocenters.